The highest BCUT2D eigenvalue weighted by Crippen LogP contribution is 2.65. The number of nitrogens with one attached hydrogen (secondary N) is 3. The number of imidazole rings is 2. The van der Waals surface area contributed by atoms with Crippen LogP contribution in [0.3, 0.4) is 0 Å². The van der Waals surface area contributed by atoms with E-state index < -0.39 is 43.4 Å². The summed E-state index contributed by atoms with van der Waals surface area (Å²) < 4.78 is 13.2. The number of nitrogens with two attached hydrogens (primary N) is 2. The second-order valence-corrected chi connectivity index (χ2v) is 16.3. The highest BCUT2D eigenvalue weighted by Gasteiger charge is 2.50. The van der Waals surface area contributed by atoms with Crippen molar-refractivity contribution in [3.8, 4) is 0 Å². The van der Waals surface area contributed by atoms with Gasteiger partial charge in [-0.3, -0.25) is 4.79 Å². The minimum atomic E-state index is -1.27. The van der Waals surface area contributed by atoms with Crippen molar-refractivity contribution in [1.29, 1.82) is 0 Å². The predicted octanol–water partition coefficient (Wildman–Crippen LogP) is -0.496. The monoisotopic (exact) mass is 736 g/mol. The van der Waals surface area contributed by atoms with Crippen LogP contribution in [-0.4, -0.2) is 144 Å². The first kappa shape index (κ1) is 34.5. The van der Waals surface area contributed by atoms with Crippen molar-refractivity contribution in [1.82, 2.24) is 58.9 Å². The van der Waals surface area contributed by atoms with Crippen molar-refractivity contribution in [3.63, 3.8) is 0 Å². The number of rotatable bonds is 6. The van der Waals surface area contributed by atoms with Crippen LogP contribution in [0.15, 0.2) is 30.6 Å². The van der Waals surface area contributed by atoms with Crippen LogP contribution in [0.2, 0.25) is 0 Å². The van der Waals surface area contributed by atoms with Gasteiger partial charge >= 0.3 is 0 Å². The summed E-state index contributed by atoms with van der Waals surface area (Å²) in [6, 6.07) is 0. The standard InChI is InChI=1S/C9H12N2O5S.C6H12N3PS.C5H5N5S.C5H4N4/c10-8(15)3-2-17-9(11-3)7-6(14)5(13)4(1-12)16-7;11-10(7-1-2-7,8-3-4-8)9-5-6-9;6-5-9-3-2(4(11)10-5)7-1-8-3;1-4-5(8-2-6-1)9-3-7-4/h2,4-7,12-14H,1H2,(H2,10,15);1-6H2;1H,(H4,6,7,8,9,10,11);1-3H,(H,6,7,8,9)/t4-,5-,6-,7-;;;/m1.../s1. The van der Waals surface area contributed by atoms with Crippen LogP contribution in [0, 0.1) is 4.64 Å². The van der Waals surface area contributed by atoms with Gasteiger partial charge in [-0.25, -0.2) is 43.9 Å². The van der Waals surface area contributed by atoms with Gasteiger partial charge in [-0.1, -0.05) is 12.2 Å². The van der Waals surface area contributed by atoms with Gasteiger partial charge in [0, 0.05) is 44.6 Å². The number of amides is 1. The number of fused-ring (bicyclic) bond motifs is 2. The number of ether oxygens (including phenoxy) is 1. The van der Waals surface area contributed by atoms with E-state index in [1.807, 2.05) is 0 Å². The van der Waals surface area contributed by atoms with E-state index in [9.17, 15) is 15.0 Å². The number of nitrogens with zero attached hydrogens (tertiary/aromatic N) is 9. The zero-order valence-electron chi connectivity index (χ0n) is 25.2. The summed E-state index contributed by atoms with van der Waals surface area (Å²) in [5, 5.41) is 30.0. The van der Waals surface area contributed by atoms with E-state index in [2.05, 4.69) is 58.9 Å². The number of H-pyrrole nitrogens is 3. The Balaban J connectivity index is 0.000000115. The van der Waals surface area contributed by atoms with Crippen LogP contribution in [0.5, 0.6) is 0 Å². The van der Waals surface area contributed by atoms with Crippen LogP contribution in [0.4, 0.5) is 5.95 Å². The maximum atomic E-state index is 10.9. The molecule has 256 valence electrons. The zero-order chi connectivity index (χ0) is 34.0. The summed E-state index contributed by atoms with van der Waals surface area (Å²) in [4.78, 5) is 42.7. The van der Waals surface area contributed by atoms with Gasteiger partial charge in [-0.2, -0.15) is 0 Å². The van der Waals surface area contributed by atoms with Gasteiger partial charge in [0.1, 0.15) is 59.0 Å². The molecule has 4 aliphatic heterocycles. The minimum Gasteiger partial charge on any atom is -0.394 e. The minimum absolute atomic E-state index is 0.0859. The van der Waals surface area contributed by atoms with Crippen LogP contribution < -0.4 is 11.5 Å². The molecule has 10 N–H and O–H groups in total. The zero-order valence-corrected chi connectivity index (χ0v) is 28.5. The maximum absolute atomic E-state index is 10.9. The fourth-order valence-corrected chi connectivity index (χ4v) is 10.2. The highest BCUT2D eigenvalue weighted by molar-refractivity contribution is 8.11. The largest absolute Gasteiger partial charge is 0.394 e. The number of thiazole rings is 1. The van der Waals surface area contributed by atoms with E-state index in [0.29, 0.717) is 26.5 Å². The second-order valence-electron chi connectivity index (χ2n) is 10.8. The van der Waals surface area contributed by atoms with E-state index in [0.717, 1.165) is 16.9 Å². The fourth-order valence-electron chi connectivity index (χ4n) is 4.64. The molecule has 0 radical (unpaired) electrons. The normalized spacial score (nSPS) is 23.4. The molecule has 4 aliphatic rings. The molecule has 0 spiro atoms. The molecule has 0 saturated carbocycles. The SMILES string of the molecule is NC(=O)c1csc([C@@H]2O[C@H](CO)[C@@H](O)[C@H]2O)n1.Nc1nc(=S)c2[nH]cnc2[nH]1.S=P(N1CC1)(N1CC1)N1CC1.c1ncc2[nH]cnc2n1. The topological polar surface area (TPSA) is 273 Å². The van der Waals surface area contributed by atoms with Crippen molar-refractivity contribution in [3.05, 3.63) is 45.9 Å². The lowest BCUT2D eigenvalue weighted by Gasteiger charge is -2.25. The summed E-state index contributed by atoms with van der Waals surface area (Å²) in [6.07, 6.45) is 2.25. The van der Waals surface area contributed by atoms with Crippen LogP contribution in [0.1, 0.15) is 21.6 Å². The molecular weight excluding hydrogens is 704 g/mol. The van der Waals surface area contributed by atoms with E-state index >= 15 is 0 Å². The fraction of sp³-hybridized carbons (Fsp3) is 0.440. The summed E-state index contributed by atoms with van der Waals surface area (Å²) >= 11 is 11.8. The Hall–Kier alpha value is -3.41. The summed E-state index contributed by atoms with van der Waals surface area (Å²) in [7, 11) is 0. The number of anilines is 1. The Morgan fingerprint density at radius 1 is 1.04 bits per heavy atom. The van der Waals surface area contributed by atoms with Gasteiger partial charge in [0.15, 0.2) is 15.9 Å². The van der Waals surface area contributed by atoms with Crippen molar-refractivity contribution < 1.29 is 24.9 Å². The van der Waals surface area contributed by atoms with Gasteiger partial charge in [-0.05, 0) is 11.8 Å². The average Bonchev–Trinajstić information content (AvgIpc) is 4.04. The van der Waals surface area contributed by atoms with Crippen molar-refractivity contribution in [2.75, 3.05) is 51.6 Å². The second kappa shape index (κ2) is 14.6. The summed E-state index contributed by atoms with van der Waals surface area (Å²) in [6.45, 7) is 5.86. The number of primary amides is 1. The number of carbonyl (C=O) groups is 1. The quantitative estimate of drug-likeness (QED) is 0.0620. The Bertz CT molecular complexity index is 1910. The van der Waals surface area contributed by atoms with Crippen molar-refractivity contribution in [2.45, 2.75) is 24.4 Å². The number of carbonyl (C=O) groups excluding carboxylic acids is 1. The Labute approximate surface area is 286 Å². The molecule has 23 heteroatoms. The molecule has 0 unspecified atom stereocenters. The van der Waals surface area contributed by atoms with Crippen LogP contribution in [-0.2, 0) is 16.5 Å². The molecule has 5 aromatic rings. The van der Waals surface area contributed by atoms with Gasteiger partial charge in [0.05, 0.1) is 25.5 Å². The molecule has 0 bridgehead atoms. The number of nitrogen functional groups attached to an aromatic ring is 1. The number of aliphatic hydroxyl groups excluding tert-OH is 3. The first-order valence-corrected chi connectivity index (χ1v) is 18.6. The first-order chi connectivity index (χ1) is 23.1. The summed E-state index contributed by atoms with van der Waals surface area (Å²) in [5.41, 5.74) is 13.5. The molecule has 0 aliphatic carbocycles. The van der Waals surface area contributed by atoms with Crippen LogP contribution in [0.25, 0.3) is 22.3 Å². The molecule has 19 nitrogen and oxygen atoms in total. The molecule has 5 aromatic heterocycles. The molecule has 9 rings (SSSR count). The smallest absolute Gasteiger partial charge is 0.268 e. The highest BCUT2D eigenvalue weighted by atomic mass is 32.4. The number of hydrogen-bond donors (Lipinski definition) is 8. The third kappa shape index (κ3) is 7.74. The van der Waals surface area contributed by atoms with Crippen molar-refractivity contribution >= 4 is 76.0 Å². The van der Waals surface area contributed by atoms with Crippen LogP contribution >= 0.6 is 30.0 Å². The van der Waals surface area contributed by atoms with Gasteiger partial charge in [0.2, 0.25) is 5.95 Å². The van der Waals surface area contributed by atoms with Crippen molar-refractivity contribution in [2.24, 2.45) is 5.73 Å². The third-order valence-corrected chi connectivity index (χ3v) is 14.0. The lowest BCUT2D eigenvalue weighted by atomic mass is 10.1. The molecule has 0 aromatic carbocycles. The number of aliphatic hydroxyl groups is 3. The van der Waals surface area contributed by atoms with E-state index in [4.69, 9.17) is 45.3 Å². The third-order valence-electron chi connectivity index (χ3n) is 7.36. The van der Waals surface area contributed by atoms with E-state index in [-0.39, 0.29) is 11.6 Å². The first-order valence-electron chi connectivity index (χ1n) is 14.6. The summed E-state index contributed by atoms with van der Waals surface area (Å²) in [5.74, 6) is -0.381. The molecule has 1 amide bonds. The van der Waals surface area contributed by atoms with Gasteiger partial charge in [0.25, 0.3) is 5.91 Å². The van der Waals surface area contributed by atoms with Gasteiger partial charge in [-0.15, -0.1) is 11.3 Å². The Kier molecular flexibility index (Phi) is 10.5. The maximum Gasteiger partial charge on any atom is 0.268 e. The van der Waals surface area contributed by atoms with Gasteiger partial charge < -0.3 is 46.5 Å². The Morgan fingerprint density at radius 2 is 1.71 bits per heavy atom. The Morgan fingerprint density at radius 3 is 2.27 bits per heavy atom. The van der Waals surface area contributed by atoms with E-state index in [1.54, 1.807) is 12.5 Å². The number of aromatic amines is 3. The molecule has 4 saturated heterocycles. The average molecular weight is 737 g/mol. The molecular formula is C25H33N14O5PS3. The molecule has 4 fully saturated rings. The predicted molar refractivity (Wildman–Crippen MR) is 182 cm³/mol. The molecule has 4 atom stereocenters. The lowest BCUT2D eigenvalue weighted by Crippen LogP contribution is -2.32. The number of hydrogen-bond acceptors (Lipinski definition) is 15. The molecule has 9 heterocycles. The lowest BCUT2D eigenvalue weighted by molar-refractivity contribution is -0.0228. The number of aromatic nitrogens is 9. The molecule has 48 heavy (non-hydrogen) atoms. The van der Waals surface area contributed by atoms with E-state index in [1.165, 1.54) is 57.3 Å².